The van der Waals surface area contributed by atoms with Gasteiger partial charge in [-0.05, 0) is 54.2 Å². The number of benzene rings is 2. The molecular formula is C25H24FN5O6S. The van der Waals surface area contributed by atoms with Crippen molar-refractivity contribution in [1.29, 1.82) is 0 Å². The molecule has 5 N–H and O–H groups in total. The zero-order valence-electron chi connectivity index (χ0n) is 20.0. The quantitative estimate of drug-likeness (QED) is 0.392. The van der Waals surface area contributed by atoms with Gasteiger partial charge in [-0.2, -0.15) is 4.37 Å². The van der Waals surface area contributed by atoms with E-state index in [9.17, 15) is 18.8 Å². The van der Waals surface area contributed by atoms with Gasteiger partial charge in [0, 0.05) is 24.9 Å². The normalized spacial score (nSPS) is 16.7. The third-order valence-corrected chi connectivity index (χ3v) is 7.08. The Bertz CT molecular complexity index is 1380. The van der Waals surface area contributed by atoms with Crippen LogP contribution in [0.2, 0.25) is 0 Å². The van der Waals surface area contributed by atoms with Gasteiger partial charge < -0.3 is 31.0 Å². The van der Waals surface area contributed by atoms with E-state index in [1.54, 1.807) is 18.2 Å². The first-order valence-electron chi connectivity index (χ1n) is 11.8. The fourth-order valence-corrected chi connectivity index (χ4v) is 5.08. The molecule has 3 aromatic rings. The molecule has 1 saturated heterocycles. The van der Waals surface area contributed by atoms with Crippen molar-refractivity contribution >= 4 is 40.6 Å². The van der Waals surface area contributed by atoms with Gasteiger partial charge in [0.2, 0.25) is 12.7 Å². The molecule has 2 aliphatic heterocycles. The van der Waals surface area contributed by atoms with Gasteiger partial charge in [-0.25, -0.2) is 4.39 Å². The topological polar surface area (TPSA) is 159 Å². The number of halogens is 1. The molecule has 0 unspecified atom stereocenters. The molecule has 38 heavy (non-hydrogen) atoms. The maximum absolute atomic E-state index is 14.1. The second-order valence-corrected chi connectivity index (χ2v) is 9.46. The van der Waals surface area contributed by atoms with Gasteiger partial charge in [-0.15, -0.1) is 0 Å². The Morgan fingerprint density at radius 3 is 2.61 bits per heavy atom. The number of hydrogen-bond donors (Lipinski definition) is 3. The number of hydrogen-bond acceptors (Lipinski definition) is 9. The maximum Gasteiger partial charge on any atom is 0.273 e. The number of primary amides is 1. The molecule has 3 heterocycles. The molecule has 5 rings (SSSR count). The van der Waals surface area contributed by atoms with Crippen LogP contribution < -0.4 is 31.2 Å². The SMILES string of the molecule is NC(=O)c1nsc(C(=O)N(c2ccc3c(c2)OCO3)[C@H](C(=O)NC[C@@H]2CCCO2)c2ccc(F)cc2)c1N. The number of fused-ring (bicyclic) bond motifs is 1. The van der Waals surface area contributed by atoms with E-state index in [2.05, 4.69) is 9.69 Å². The zero-order valence-corrected chi connectivity index (χ0v) is 20.8. The first-order valence-corrected chi connectivity index (χ1v) is 12.5. The van der Waals surface area contributed by atoms with Crippen LogP contribution in [-0.2, 0) is 9.53 Å². The molecule has 2 aliphatic rings. The first kappa shape index (κ1) is 25.4. The number of nitrogen functional groups attached to an aromatic ring is 1. The number of anilines is 2. The fourth-order valence-electron chi connectivity index (χ4n) is 4.34. The van der Waals surface area contributed by atoms with Gasteiger partial charge in [0.25, 0.3) is 11.8 Å². The predicted molar refractivity (Wildman–Crippen MR) is 136 cm³/mol. The monoisotopic (exact) mass is 541 g/mol. The molecule has 198 valence electrons. The highest BCUT2D eigenvalue weighted by Gasteiger charge is 2.37. The van der Waals surface area contributed by atoms with Gasteiger partial charge in [-0.3, -0.25) is 19.3 Å². The predicted octanol–water partition coefficient (Wildman–Crippen LogP) is 2.38. The molecule has 1 fully saturated rings. The Hall–Kier alpha value is -4.23. The third kappa shape index (κ3) is 4.97. The van der Waals surface area contributed by atoms with Gasteiger partial charge in [0.05, 0.1) is 11.8 Å². The van der Waals surface area contributed by atoms with E-state index in [4.69, 9.17) is 25.7 Å². The van der Waals surface area contributed by atoms with Crippen LogP contribution in [0.4, 0.5) is 15.8 Å². The van der Waals surface area contributed by atoms with Crippen LogP contribution in [0.1, 0.15) is 44.6 Å². The highest BCUT2D eigenvalue weighted by molar-refractivity contribution is 7.09. The molecule has 0 radical (unpaired) electrons. The Labute approximate surface area is 220 Å². The highest BCUT2D eigenvalue weighted by Crippen LogP contribution is 2.39. The number of nitrogens with zero attached hydrogens (tertiary/aromatic N) is 2. The van der Waals surface area contributed by atoms with Gasteiger partial charge in [0.1, 0.15) is 16.7 Å². The number of rotatable bonds is 8. The van der Waals surface area contributed by atoms with E-state index < -0.39 is 29.6 Å². The molecular weight excluding hydrogens is 517 g/mol. The minimum atomic E-state index is -1.26. The van der Waals surface area contributed by atoms with Crippen LogP contribution in [0.3, 0.4) is 0 Å². The molecule has 2 aromatic carbocycles. The van der Waals surface area contributed by atoms with E-state index in [1.807, 2.05) is 0 Å². The summed E-state index contributed by atoms with van der Waals surface area (Å²) in [5.74, 6) is -1.81. The van der Waals surface area contributed by atoms with Crippen LogP contribution in [-0.4, -0.2) is 48.1 Å². The number of carbonyl (C=O) groups excluding carboxylic acids is 3. The smallest absolute Gasteiger partial charge is 0.273 e. The van der Waals surface area contributed by atoms with Crippen LogP contribution in [0.15, 0.2) is 42.5 Å². The van der Waals surface area contributed by atoms with Crippen LogP contribution in [0, 0.1) is 5.82 Å². The summed E-state index contributed by atoms with van der Waals surface area (Å²) in [4.78, 5) is 40.7. The van der Waals surface area contributed by atoms with Crippen LogP contribution >= 0.6 is 11.5 Å². The number of nitrogens with two attached hydrogens (primary N) is 2. The minimum Gasteiger partial charge on any atom is -0.454 e. The van der Waals surface area contributed by atoms with Crippen molar-refractivity contribution in [2.45, 2.75) is 25.0 Å². The minimum absolute atomic E-state index is 0.000235. The summed E-state index contributed by atoms with van der Waals surface area (Å²) in [5, 5.41) is 2.86. The Morgan fingerprint density at radius 2 is 1.92 bits per heavy atom. The molecule has 1 aromatic heterocycles. The lowest BCUT2D eigenvalue weighted by Gasteiger charge is -2.31. The largest absolute Gasteiger partial charge is 0.454 e. The number of ether oxygens (including phenoxy) is 3. The lowest BCUT2D eigenvalue weighted by molar-refractivity contribution is -0.123. The lowest BCUT2D eigenvalue weighted by Crippen LogP contribution is -2.45. The lowest BCUT2D eigenvalue weighted by atomic mass is 10.0. The van der Waals surface area contributed by atoms with Crippen molar-refractivity contribution in [3.05, 3.63) is 64.4 Å². The van der Waals surface area contributed by atoms with Gasteiger partial charge in [-0.1, -0.05) is 12.1 Å². The van der Waals surface area contributed by atoms with Crippen LogP contribution in [0.5, 0.6) is 11.5 Å². The van der Waals surface area contributed by atoms with E-state index in [1.165, 1.54) is 29.2 Å². The number of amides is 3. The second-order valence-electron chi connectivity index (χ2n) is 8.69. The fraction of sp³-hybridized carbons (Fsp3) is 0.280. The number of nitrogens with one attached hydrogen (secondary N) is 1. The second kappa shape index (κ2) is 10.6. The number of carbonyl (C=O) groups is 3. The molecule has 0 saturated carbocycles. The summed E-state index contributed by atoms with van der Waals surface area (Å²) in [6, 6.07) is 8.72. The standard InChI is InChI=1S/C25H24FN5O6S/c26-14-5-3-13(4-6-14)21(24(33)29-11-16-2-1-9-35-16)31(15-7-8-17-18(10-15)37-12-36-17)25(34)22-19(27)20(23(28)32)30-38-22/h3-8,10,16,21H,1-2,9,11-12,27H2,(H2,28,32)(H,29,33)/t16-,21-/m0/s1. The van der Waals surface area contributed by atoms with Crippen molar-refractivity contribution in [2.24, 2.45) is 5.73 Å². The summed E-state index contributed by atoms with van der Waals surface area (Å²) in [7, 11) is 0. The molecule has 13 heteroatoms. The van der Waals surface area contributed by atoms with E-state index in [-0.39, 0.29) is 41.4 Å². The first-order chi connectivity index (χ1) is 18.3. The average molecular weight is 542 g/mol. The third-order valence-electron chi connectivity index (χ3n) is 6.23. The van der Waals surface area contributed by atoms with Crippen molar-refractivity contribution in [3.63, 3.8) is 0 Å². The van der Waals surface area contributed by atoms with Gasteiger partial charge >= 0.3 is 0 Å². The zero-order chi connectivity index (χ0) is 26.8. The Balaban J connectivity index is 1.60. The molecule has 0 bridgehead atoms. The summed E-state index contributed by atoms with van der Waals surface area (Å²) in [6.07, 6.45) is 1.52. The Kier molecular flexibility index (Phi) is 7.11. The summed E-state index contributed by atoms with van der Waals surface area (Å²) >= 11 is 0.687. The molecule has 0 spiro atoms. The van der Waals surface area contributed by atoms with E-state index >= 15 is 0 Å². The molecule has 11 nitrogen and oxygen atoms in total. The van der Waals surface area contributed by atoms with Crippen molar-refractivity contribution in [2.75, 3.05) is 30.6 Å². The molecule has 3 amide bonds. The van der Waals surface area contributed by atoms with Crippen molar-refractivity contribution < 1.29 is 33.0 Å². The molecule has 0 aliphatic carbocycles. The van der Waals surface area contributed by atoms with E-state index in [0.29, 0.717) is 35.2 Å². The molecule has 2 atom stereocenters. The average Bonchev–Trinajstić information content (AvgIpc) is 3.67. The van der Waals surface area contributed by atoms with E-state index in [0.717, 1.165) is 12.8 Å². The Morgan fingerprint density at radius 1 is 1.16 bits per heavy atom. The maximum atomic E-state index is 14.1. The highest BCUT2D eigenvalue weighted by atomic mass is 32.1. The summed E-state index contributed by atoms with van der Waals surface area (Å²) in [5.41, 5.74) is 11.6. The van der Waals surface area contributed by atoms with Crippen LogP contribution in [0.25, 0.3) is 0 Å². The number of aromatic nitrogens is 1. The van der Waals surface area contributed by atoms with Crippen molar-refractivity contribution in [1.82, 2.24) is 9.69 Å². The van der Waals surface area contributed by atoms with Gasteiger partial charge in [0.15, 0.2) is 17.2 Å². The summed E-state index contributed by atoms with van der Waals surface area (Å²) in [6.45, 7) is 0.838. The summed E-state index contributed by atoms with van der Waals surface area (Å²) < 4.78 is 34.3. The van der Waals surface area contributed by atoms with Crippen molar-refractivity contribution in [3.8, 4) is 11.5 Å².